The smallest absolute Gasteiger partial charge is 0.283 e. The molecule has 0 unspecified atom stereocenters. The van der Waals surface area contributed by atoms with Crippen LogP contribution in [0.4, 0.5) is 5.69 Å². The van der Waals surface area contributed by atoms with Gasteiger partial charge in [0.25, 0.3) is 5.69 Å². The molecule has 0 spiro atoms. The third kappa shape index (κ3) is 1.76. The van der Waals surface area contributed by atoms with Crippen molar-refractivity contribution in [1.82, 2.24) is 0 Å². The lowest BCUT2D eigenvalue weighted by Crippen LogP contribution is -2.00. The molecule has 0 aliphatic carbocycles. The van der Waals surface area contributed by atoms with Gasteiger partial charge in [-0.05, 0) is 6.07 Å². The van der Waals surface area contributed by atoms with Crippen LogP contribution in [-0.2, 0) is 0 Å². The van der Waals surface area contributed by atoms with Crippen LogP contribution >= 0.6 is 0 Å². The minimum absolute atomic E-state index is 0.0679. The van der Waals surface area contributed by atoms with E-state index < -0.39 is 4.92 Å². The number of aldehydes is 1. The van der Waals surface area contributed by atoms with Gasteiger partial charge in [0, 0.05) is 6.07 Å². The molecule has 0 N–H and O–H groups in total. The monoisotopic (exact) mass is 206 g/mol. The summed E-state index contributed by atoms with van der Waals surface area (Å²) in [6.45, 7) is 0. The molecule has 0 aromatic heterocycles. The average Bonchev–Trinajstić information content (AvgIpc) is 2.26. The topological polar surface area (TPSA) is 93.2 Å². The molecule has 0 atom stereocenters. The number of hydrogen-bond donors (Lipinski definition) is 0. The van der Waals surface area contributed by atoms with Crippen molar-refractivity contribution in [3.8, 4) is 11.8 Å². The van der Waals surface area contributed by atoms with E-state index in [2.05, 4.69) is 0 Å². The first-order valence-corrected chi connectivity index (χ1v) is 3.86. The Morgan fingerprint density at radius 1 is 1.60 bits per heavy atom. The number of nitrogens with zero attached hydrogens (tertiary/aromatic N) is 2. The molecule has 0 fully saturated rings. The number of rotatable bonds is 3. The summed E-state index contributed by atoms with van der Waals surface area (Å²) in [5, 5.41) is 19.2. The molecule has 6 heteroatoms. The van der Waals surface area contributed by atoms with Crippen molar-refractivity contribution in [3.63, 3.8) is 0 Å². The van der Waals surface area contributed by atoms with Crippen LogP contribution in [0.2, 0.25) is 0 Å². The Kier molecular flexibility index (Phi) is 2.98. The largest absolute Gasteiger partial charge is 0.494 e. The van der Waals surface area contributed by atoms with Gasteiger partial charge in [-0.1, -0.05) is 0 Å². The van der Waals surface area contributed by atoms with E-state index >= 15 is 0 Å². The van der Waals surface area contributed by atoms with Gasteiger partial charge in [-0.25, -0.2) is 0 Å². The summed E-state index contributed by atoms with van der Waals surface area (Å²) in [5.41, 5.74) is -0.507. The van der Waals surface area contributed by atoms with E-state index in [0.29, 0.717) is 6.29 Å². The van der Waals surface area contributed by atoms with Crippen molar-refractivity contribution in [2.75, 3.05) is 7.11 Å². The third-order valence-corrected chi connectivity index (χ3v) is 1.81. The second kappa shape index (κ2) is 4.19. The number of methoxy groups -OCH3 is 1. The van der Waals surface area contributed by atoms with Gasteiger partial charge in [0.1, 0.15) is 11.6 Å². The van der Waals surface area contributed by atoms with Gasteiger partial charge in [0.2, 0.25) is 0 Å². The second-order valence-corrected chi connectivity index (χ2v) is 2.57. The number of ether oxygens (including phenoxy) is 1. The minimum Gasteiger partial charge on any atom is -0.494 e. The van der Waals surface area contributed by atoms with Crippen LogP contribution in [0.5, 0.6) is 5.75 Å². The van der Waals surface area contributed by atoms with E-state index in [9.17, 15) is 14.9 Å². The van der Waals surface area contributed by atoms with Crippen LogP contribution in [0.25, 0.3) is 0 Å². The van der Waals surface area contributed by atoms with E-state index in [-0.39, 0.29) is 22.6 Å². The van der Waals surface area contributed by atoms with Crippen LogP contribution < -0.4 is 4.74 Å². The Morgan fingerprint density at radius 3 is 2.67 bits per heavy atom. The molecule has 0 heterocycles. The van der Waals surface area contributed by atoms with Crippen molar-refractivity contribution < 1.29 is 14.5 Å². The fraction of sp³-hybridized carbons (Fsp3) is 0.111. The standard InChI is InChI=1S/C9H6N2O4/c1-15-9-6(4-10)2-3-8(11(13)14)7(9)5-12/h2-3,5H,1H3. The summed E-state index contributed by atoms with van der Waals surface area (Å²) in [6.07, 6.45) is 0.303. The zero-order valence-corrected chi connectivity index (χ0v) is 7.76. The molecule has 1 rings (SSSR count). The minimum atomic E-state index is -0.701. The molecule has 6 nitrogen and oxygen atoms in total. The van der Waals surface area contributed by atoms with Gasteiger partial charge < -0.3 is 4.74 Å². The number of benzene rings is 1. The Labute approximate surface area is 84.8 Å². The van der Waals surface area contributed by atoms with Crippen LogP contribution in [-0.4, -0.2) is 18.3 Å². The Balaban J connectivity index is 3.56. The first kappa shape index (κ1) is 10.7. The van der Waals surface area contributed by atoms with Crippen molar-refractivity contribution in [2.45, 2.75) is 0 Å². The fourth-order valence-electron chi connectivity index (χ4n) is 1.17. The zero-order chi connectivity index (χ0) is 11.4. The molecule has 0 bridgehead atoms. The quantitative estimate of drug-likeness (QED) is 0.422. The summed E-state index contributed by atoms with van der Waals surface area (Å²) in [4.78, 5) is 20.5. The molecule has 0 amide bonds. The zero-order valence-electron chi connectivity index (χ0n) is 7.76. The molecule has 0 saturated heterocycles. The molecule has 76 valence electrons. The molecule has 15 heavy (non-hydrogen) atoms. The Hall–Kier alpha value is -2.42. The SMILES string of the molecule is COc1c(C#N)ccc([N+](=O)[O-])c1C=O. The predicted molar refractivity (Wildman–Crippen MR) is 49.8 cm³/mol. The summed E-state index contributed by atoms with van der Waals surface area (Å²) >= 11 is 0. The fourth-order valence-corrected chi connectivity index (χ4v) is 1.17. The highest BCUT2D eigenvalue weighted by atomic mass is 16.6. The number of carbonyl (C=O) groups is 1. The molecular formula is C9H6N2O4. The van der Waals surface area contributed by atoms with E-state index in [0.717, 1.165) is 6.07 Å². The summed E-state index contributed by atoms with van der Waals surface area (Å²) < 4.78 is 4.79. The van der Waals surface area contributed by atoms with Crippen LogP contribution in [0, 0.1) is 21.4 Å². The average molecular weight is 206 g/mol. The highest BCUT2D eigenvalue weighted by molar-refractivity contribution is 5.87. The maximum absolute atomic E-state index is 10.7. The number of nitro benzene ring substituents is 1. The molecule has 0 aliphatic heterocycles. The summed E-state index contributed by atoms with van der Waals surface area (Å²) in [5.74, 6) is -0.0679. The van der Waals surface area contributed by atoms with E-state index in [1.807, 2.05) is 0 Å². The first-order chi connectivity index (χ1) is 7.15. The van der Waals surface area contributed by atoms with Crippen LogP contribution in [0.15, 0.2) is 12.1 Å². The Morgan fingerprint density at radius 2 is 2.27 bits per heavy atom. The molecule has 0 radical (unpaired) electrons. The molecule has 0 aliphatic rings. The van der Waals surface area contributed by atoms with E-state index in [1.165, 1.54) is 13.2 Å². The van der Waals surface area contributed by atoms with Crippen LogP contribution in [0.3, 0.4) is 0 Å². The first-order valence-electron chi connectivity index (χ1n) is 3.86. The third-order valence-electron chi connectivity index (χ3n) is 1.81. The maximum Gasteiger partial charge on any atom is 0.283 e. The van der Waals surface area contributed by atoms with Crippen LogP contribution in [0.1, 0.15) is 15.9 Å². The number of carbonyl (C=O) groups excluding carboxylic acids is 1. The predicted octanol–water partition coefficient (Wildman–Crippen LogP) is 1.29. The number of hydrogen-bond acceptors (Lipinski definition) is 5. The van der Waals surface area contributed by atoms with Crippen molar-refractivity contribution in [2.24, 2.45) is 0 Å². The van der Waals surface area contributed by atoms with Crippen molar-refractivity contribution in [1.29, 1.82) is 5.26 Å². The molecular weight excluding hydrogens is 200 g/mol. The lowest BCUT2D eigenvalue weighted by atomic mass is 10.1. The van der Waals surface area contributed by atoms with Gasteiger partial charge in [-0.3, -0.25) is 14.9 Å². The number of nitriles is 1. The van der Waals surface area contributed by atoms with Gasteiger partial charge in [-0.15, -0.1) is 0 Å². The maximum atomic E-state index is 10.7. The van der Waals surface area contributed by atoms with Gasteiger partial charge in [-0.2, -0.15) is 5.26 Å². The molecule has 1 aromatic carbocycles. The lowest BCUT2D eigenvalue weighted by molar-refractivity contribution is -0.385. The summed E-state index contributed by atoms with van der Waals surface area (Å²) in [7, 11) is 1.24. The Bertz CT molecular complexity index is 462. The normalized spacial score (nSPS) is 9.07. The van der Waals surface area contributed by atoms with Crippen molar-refractivity contribution >= 4 is 12.0 Å². The van der Waals surface area contributed by atoms with E-state index in [1.54, 1.807) is 6.07 Å². The highest BCUT2D eigenvalue weighted by Crippen LogP contribution is 2.29. The van der Waals surface area contributed by atoms with Crippen molar-refractivity contribution in [3.05, 3.63) is 33.4 Å². The van der Waals surface area contributed by atoms with Gasteiger partial charge in [0.05, 0.1) is 17.6 Å². The lowest BCUT2D eigenvalue weighted by Gasteiger charge is -2.05. The second-order valence-electron chi connectivity index (χ2n) is 2.57. The molecule has 1 aromatic rings. The van der Waals surface area contributed by atoms with Gasteiger partial charge in [0.15, 0.2) is 12.0 Å². The number of nitro groups is 1. The van der Waals surface area contributed by atoms with Gasteiger partial charge >= 0.3 is 0 Å². The highest BCUT2D eigenvalue weighted by Gasteiger charge is 2.20. The molecule has 0 saturated carbocycles. The summed E-state index contributed by atoms with van der Waals surface area (Å²) in [6, 6.07) is 4.12. The van der Waals surface area contributed by atoms with E-state index in [4.69, 9.17) is 10.00 Å².